The molecule has 2 heterocycles. The molecule has 1 amide bonds. The largest absolute Gasteiger partial charge is 0.382 e. The maximum absolute atomic E-state index is 12.6. The zero-order valence-electron chi connectivity index (χ0n) is 12.0. The number of fused-ring (bicyclic) bond motifs is 1. The summed E-state index contributed by atoms with van der Waals surface area (Å²) in [4.78, 5) is 12.6. The molecule has 2 aliphatic heterocycles. The number of para-hydroxylation sites is 1. The van der Waals surface area contributed by atoms with Crippen molar-refractivity contribution in [2.45, 2.75) is 31.9 Å². The van der Waals surface area contributed by atoms with E-state index < -0.39 is 0 Å². The fraction of sp³-hybridized carbons (Fsp3) is 0.533. The minimum atomic E-state index is -0.290. The topological polar surface area (TPSA) is 62.4 Å². The molecule has 1 aromatic carbocycles. The standard InChI is InChI=1S/C15H21N3O2/c1-10-15(2,6-9-20-10)18-14(19)11-4-3-5-12-13(11)17-8-7-16-12/h3-5,10,16-17H,6-9H2,1-2H3,(H,18,19). The normalized spacial score (nSPS) is 28.2. The Balaban J connectivity index is 1.84. The number of benzene rings is 1. The molecule has 2 aliphatic rings. The SMILES string of the molecule is CC1OCCC1(C)NC(=O)c1cccc2c1NCCN2. The molecule has 5 heteroatoms. The van der Waals surface area contributed by atoms with Crippen molar-refractivity contribution in [3.63, 3.8) is 0 Å². The van der Waals surface area contributed by atoms with Crippen LogP contribution in [0.4, 0.5) is 11.4 Å². The van der Waals surface area contributed by atoms with E-state index in [1.54, 1.807) is 0 Å². The van der Waals surface area contributed by atoms with Gasteiger partial charge in [0.15, 0.2) is 0 Å². The predicted octanol–water partition coefficient (Wildman–Crippen LogP) is 1.82. The van der Waals surface area contributed by atoms with Crippen LogP contribution in [0.5, 0.6) is 0 Å². The lowest BCUT2D eigenvalue weighted by atomic mass is 9.94. The monoisotopic (exact) mass is 275 g/mol. The van der Waals surface area contributed by atoms with Crippen molar-refractivity contribution in [1.29, 1.82) is 0 Å². The third-order valence-electron chi connectivity index (χ3n) is 4.34. The van der Waals surface area contributed by atoms with Crippen LogP contribution in [0.2, 0.25) is 0 Å². The van der Waals surface area contributed by atoms with Crippen molar-refractivity contribution in [3.8, 4) is 0 Å². The molecule has 0 spiro atoms. The minimum Gasteiger partial charge on any atom is -0.382 e. The van der Waals surface area contributed by atoms with Gasteiger partial charge in [-0.3, -0.25) is 4.79 Å². The van der Waals surface area contributed by atoms with Gasteiger partial charge in [-0.15, -0.1) is 0 Å². The Labute approximate surface area is 119 Å². The Bertz CT molecular complexity index is 532. The van der Waals surface area contributed by atoms with Gasteiger partial charge in [0.1, 0.15) is 0 Å². The molecule has 1 fully saturated rings. The van der Waals surface area contributed by atoms with Crippen LogP contribution in [0, 0.1) is 0 Å². The predicted molar refractivity (Wildman–Crippen MR) is 79.3 cm³/mol. The van der Waals surface area contributed by atoms with Gasteiger partial charge >= 0.3 is 0 Å². The van der Waals surface area contributed by atoms with Crippen molar-refractivity contribution >= 4 is 17.3 Å². The summed E-state index contributed by atoms with van der Waals surface area (Å²) in [5, 5.41) is 9.75. The molecule has 0 aromatic heterocycles. The lowest BCUT2D eigenvalue weighted by Gasteiger charge is -2.30. The summed E-state index contributed by atoms with van der Waals surface area (Å²) in [5.41, 5.74) is 2.29. The molecule has 0 saturated carbocycles. The van der Waals surface area contributed by atoms with E-state index in [1.807, 2.05) is 32.0 Å². The summed E-state index contributed by atoms with van der Waals surface area (Å²) in [6.07, 6.45) is 0.887. The molecule has 108 valence electrons. The molecular weight excluding hydrogens is 254 g/mol. The lowest BCUT2D eigenvalue weighted by molar-refractivity contribution is 0.0728. The first-order valence-corrected chi connectivity index (χ1v) is 7.15. The Morgan fingerprint density at radius 1 is 1.40 bits per heavy atom. The molecule has 1 saturated heterocycles. The second-order valence-electron chi connectivity index (χ2n) is 5.72. The van der Waals surface area contributed by atoms with Crippen LogP contribution in [0.15, 0.2) is 18.2 Å². The second kappa shape index (κ2) is 4.98. The van der Waals surface area contributed by atoms with Gasteiger partial charge in [0.05, 0.1) is 28.6 Å². The van der Waals surface area contributed by atoms with Crippen molar-refractivity contribution < 1.29 is 9.53 Å². The average molecular weight is 275 g/mol. The molecule has 2 atom stereocenters. The van der Waals surface area contributed by atoms with Gasteiger partial charge in [0, 0.05) is 19.7 Å². The fourth-order valence-corrected chi connectivity index (χ4v) is 2.79. The zero-order valence-corrected chi connectivity index (χ0v) is 12.0. The van der Waals surface area contributed by atoms with E-state index in [1.165, 1.54) is 0 Å². The molecule has 1 aromatic rings. The van der Waals surface area contributed by atoms with Gasteiger partial charge in [0.25, 0.3) is 5.91 Å². The van der Waals surface area contributed by atoms with Crippen molar-refractivity contribution in [2.75, 3.05) is 30.3 Å². The van der Waals surface area contributed by atoms with Gasteiger partial charge in [-0.05, 0) is 32.4 Å². The fourth-order valence-electron chi connectivity index (χ4n) is 2.79. The van der Waals surface area contributed by atoms with E-state index in [-0.39, 0.29) is 17.6 Å². The van der Waals surface area contributed by atoms with E-state index in [2.05, 4.69) is 16.0 Å². The van der Waals surface area contributed by atoms with Gasteiger partial charge in [-0.1, -0.05) is 6.07 Å². The summed E-state index contributed by atoms with van der Waals surface area (Å²) < 4.78 is 5.58. The highest BCUT2D eigenvalue weighted by Gasteiger charge is 2.38. The number of hydrogen-bond donors (Lipinski definition) is 3. The lowest BCUT2D eigenvalue weighted by Crippen LogP contribution is -2.50. The van der Waals surface area contributed by atoms with Crippen molar-refractivity contribution in [3.05, 3.63) is 23.8 Å². The molecule has 5 nitrogen and oxygen atoms in total. The van der Waals surface area contributed by atoms with Crippen molar-refractivity contribution in [2.24, 2.45) is 0 Å². The smallest absolute Gasteiger partial charge is 0.253 e. The highest BCUT2D eigenvalue weighted by atomic mass is 16.5. The first-order valence-electron chi connectivity index (χ1n) is 7.15. The average Bonchev–Trinajstić information content (AvgIpc) is 2.77. The third kappa shape index (κ3) is 2.22. The molecule has 3 N–H and O–H groups in total. The Hall–Kier alpha value is -1.75. The molecule has 0 aliphatic carbocycles. The van der Waals surface area contributed by atoms with E-state index in [0.717, 1.165) is 30.9 Å². The Morgan fingerprint density at radius 2 is 2.20 bits per heavy atom. The Kier molecular flexibility index (Phi) is 3.30. The second-order valence-corrected chi connectivity index (χ2v) is 5.72. The first-order chi connectivity index (χ1) is 9.60. The summed E-state index contributed by atoms with van der Waals surface area (Å²) in [6.45, 7) is 6.45. The Morgan fingerprint density at radius 3 is 2.95 bits per heavy atom. The molecular formula is C15H21N3O2. The van der Waals surface area contributed by atoms with E-state index in [4.69, 9.17) is 4.74 Å². The number of carbonyl (C=O) groups excluding carboxylic acids is 1. The molecule has 2 unspecified atom stereocenters. The van der Waals surface area contributed by atoms with E-state index in [0.29, 0.717) is 12.2 Å². The van der Waals surface area contributed by atoms with Crippen molar-refractivity contribution in [1.82, 2.24) is 5.32 Å². The maximum Gasteiger partial charge on any atom is 0.253 e. The maximum atomic E-state index is 12.6. The number of rotatable bonds is 2. The highest BCUT2D eigenvalue weighted by Crippen LogP contribution is 2.30. The molecule has 20 heavy (non-hydrogen) atoms. The molecule has 0 radical (unpaired) electrons. The zero-order chi connectivity index (χ0) is 14.2. The molecule has 0 bridgehead atoms. The van der Waals surface area contributed by atoms with Crippen LogP contribution < -0.4 is 16.0 Å². The highest BCUT2D eigenvalue weighted by molar-refractivity contribution is 6.03. The summed E-state index contributed by atoms with van der Waals surface area (Å²) in [5.74, 6) is -0.0436. The summed E-state index contributed by atoms with van der Waals surface area (Å²) in [7, 11) is 0. The van der Waals surface area contributed by atoms with Gasteiger partial charge in [-0.2, -0.15) is 0 Å². The van der Waals surface area contributed by atoms with Gasteiger partial charge in [-0.25, -0.2) is 0 Å². The summed E-state index contributed by atoms with van der Waals surface area (Å²) in [6, 6.07) is 5.75. The van der Waals surface area contributed by atoms with Crippen LogP contribution in [-0.2, 0) is 4.74 Å². The van der Waals surface area contributed by atoms with Gasteiger partial charge < -0.3 is 20.7 Å². The number of carbonyl (C=O) groups is 1. The molecule has 3 rings (SSSR count). The van der Waals surface area contributed by atoms with Crippen LogP contribution >= 0.6 is 0 Å². The number of nitrogens with one attached hydrogen (secondary N) is 3. The third-order valence-corrected chi connectivity index (χ3v) is 4.34. The van der Waals surface area contributed by atoms with Crippen LogP contribution in [0.25, 0.3) is 0 Å². The number of hydrogen-bond acceptors (Lipinski definition) is 4. The number of anilines is 2. The van der Waals surface area contributed by atoms with E-state index >= 15 is 0 Å². The number of ether oxygens (including phenoxy) is 1. The van der Waals surface area contributed by atoms with Crippen LogP contribution in [0.3, 0.4) is 0 Å². The quantitative estimate of drug-likeness (QED) is 0.770. The number of amides is 1. The summed E-state index contributed by atoms with van der Waals surface area (Å²) >= 11 is 0. The minimum absolute atomic E-state index is 0.0390. The van der Waals surface area contributed by atoms with Crippen LogP contribution in [0.1, 0.15) is 30.6 Å². The van der Waals surface area contributed by atoms with E-state index in [9.17, 15) is 4.79 Å². The van der Waals surface area contributed by atoms with Crippen LogP contribution in [-0.4, -0.2) is 37.2 Å². The first kappa shape index (κ1) is 13.2. The van der Waals surface area contributed by atoms with Gasteiger partial charge in [0.2, 0.25) is 0 Å².